The standard InChI is InChI=1S/C18H14Br2N2OS/c1-11-8-13(19)18(14(20)9-11)22-17(23)10-24-16-6-7-21-15-5-3-2-4-12(15)16/h2-9H,10H2,1H3,(H,22,23). The number of nitrogens with one attached hydrogen (secondary N) is 1. The molecule has 0 aliphatic carbocycles. The van der Waals surface area contributed by atoms with Crippen molar-refractivity contribution in [2.75, 3.05) is 11.1 Å². The molecule has 1 aromatic heterocycles. The molecule has 0 saturated carbocycles. The number of pyridine rings is 1. The number of benzene rings is 2. The summed E-state index contributed by atoms with van der Waals surface area (Å²) in [6, 6.07) is 13.8. The molecule has 3 aromatic rings. The van der Waals surface area contributed by atoms with Crippen LogP contribution in [0, 0.1) is 6.92 Å². The second kappa shape index (κ2) is 7.68. The average Bonchev–Trinajstić information content (AvgIpc) is 2.56. The van der Waals surface area contributed by atoms with Gasteiger partial charge in [-0.25, -0.2) is 0 Å². The largest absolute Gasteiger partial charge is 0.323 e. The number of aryl methyl sites for hydroxylation is 1. The van der Waals surface area contributed by atoms with Crippen LogP contribution in [0.1, 0.15) is 5.56 Å². The highest BCUT2D eigenvalue weighted by Crippen LogP contribution is 2.33. The molecule has 2 aromatic carbocycles. The molecule has 1 heterocycles. The summed E-state index contributed by atoms with van der Waals surface area (Å²) in [6.45, 7) is 2.01. The normalized spacial score (nSPS) is 10.8. The third kappa shape index (κ3) is 3.99. The summed E-state index contributed by atoms with van der Waals surface area (Å²) >= 11 is 8.50. The maximum absolute atomic E-state index is 12.3. The van der Waals surface area contributed by atoms with Crippen LogP contribution in [0.4, 0.5) is 5.69 Å². The average molecular weight is 466 g/mol. The number of amides is 1. The highest BCUT2D eigenvalue weighted by Gasteiger charge is 2.11. The number of halogens is 2. The van der Waals surface area contributed by atoms with Crippen LogP contribution in [0.3, 0.4) is 0 Å². The maximum Gasteiger partial charge on any atom is 0.234 e. The van der Waals surface area contributed by atoms with Crippen LogP contribution in [0.5, 0.6) is 0 Å². The van der Waals surface area contributed by atoms with Gasteiger partial charge in [-0.05, 0) is 68.6 Å². The number of fused-ring (bicyclic) bond motifs is 1. The topological polar surface area (TPSA) is 42.0 Å². The number of para-hydroxylation sites is 1. The zero-order chi connectivity index (χ0) is 17.1. The Kier molecular flexibility index (Phi) is 5.58. The molecule has 0 saturated heterocycles. The van der Waals surface area contributed by atoms with Crippen molar-refractivity contribution in [3.63, 3.8) is 0 Å². The van der Waals surface area contributed by atoms with Gasteiger partial charge in [-0.2, -0.15) is 0 Å². The fourth-order valence-corrected chi connectivity index (χ4v) is 4.79. The first-order chi connectivity index (χ1) is 11.5. The van der Waals surface area contributed by atoms with Gasteiger partial charge in [0, 0.05) is 25.4 Å². The Balaban J connectivity index is 1.72. The molecule has 0 atom stereocenters. The fraction of sp³-hybridized carbons (Fsp3) is 0.111. The Morgan fingerprint density at radius 1 is 1.17 bits per heavy atom. The number of nitrogens with zero attached hydrogens (tertiary/aromatic N) is 1. The predicted molar refractivity (Wildman–Crippen MR) is 108 cm³/mol. The zero-order valence-electron chi connectivity index (χ0n) is 12.8. The van der Waals surface area contributed by atoms with Gasteiger partial charge < -0.3 is 5.32 Å². The van der Waals surface area contributed by atoms with Crippen molar-refractivity contribution >= 4 is 66.1 Å². The fourth-order valence-electron chi connectivity index (χ4n) is 2.33. The molecule has 3 nitrogen and oxygen atoms in total. The predicted octanol–water partition coefficient (Wildman–Crippen LogP) is 5.80. The summed E-state index contributed by atoms with van der Waals surface area (Å²) in [7, 11) is 0. The van der Waals surface area contributed by atoms with Crippen molar-refractivity contribution in [2.24, 2.45) is 0 Å². The first kappa shape index (κ1) is 17.5. The molecular weight excluding hydrogens is 452 g/mol. The van der Waals surface area contributed by atoms with Crippen LogP contribution in [0.2, 0.25) is 0 Å². The monoisotopic (exact) mass is 464 g/mol. The van der Waals surface area contributed by atoms with Gasteiger partial charge in [-0.15, -0.1) is 11.8 Å². The number of thioether (sulfide) groups is 1. The molecule has 0 fully saturated rings. The van der Waals surface area contributed by atoms with Gasteiger partial charge in [0.2, 0.25) is 5.91 Å². The van der Waals surface area contributed by atoms with Gasteiger partial charge in [0.15, 0.2) is 0 Å². The SMILES string of the molecule is Cc1cc(Br)c(NC(=O)CSc2ccnc3ccccc23)c(Br)c1. The van der Waals surface area contributed by atoms with Gasteiger partial charge >= 0.3 is 0 Å². The van der Waals surface area contributed by atoms with Gasteiger partial charge in [-0.1, -0.05) is 18.2 Å². The van der Waals surface area contributed by atoms with Gasteiger partial charge in [-0.3, -0.25) is 9.78 Å². The highest BCUT2D eigenvalue weighted by atomic mass is 79.9. The van der Waals surface area contributed by atoms with E-state index in [4.69, 9.17) is 0 Å². The molecule has 0 aliphatic heterocycles. The Bertz CT molecular complexity index is 886. The number of rotatable bonds is 4. The van der Waals surface area contributed by atoms with Crippen molar-refractivity contribution in [3.8, 4) is 0 Å². The van der Waals surface area contributed by atoms with E-state index in [-0.39, 0.29) is 5.91 Å². The molecule has 0 aliphatic rings. The van der Waals surface area contributed by atoms with Crippen LogP contribution in [0.15, 0.2) is 62.5 Å². The molecule has 6 heteroatoms. The lowest BCUT2D eigenvalue weighted by atomic mass is 10.2. The van der Waals surface area contributed by atoms with E-state index in [1.54, 1.807) is 6.20 Å². The molecule has 0 unspecified atom stereocenters. The lowest BCUT2D eigenvalue weighted by Crippen LogP contribution is -2.15. The first-order valence-electron chi connectivity index (χ1n) is 7.26. The summed E-state index contributed by atoms with van der Waals surface area (Å²) in [6.07, 6.45) is 1.77. The molecule has 0 spiro atoms. The quantitative estimate of drug-likeness (QED) is 0.495. The smallest absolute Gasteiger partial charge is 0.234 e. The van der Waals surface area contributed by atoms with E-state index in [9.17, 15) is 4.79 Å². The third-order valence-electron chi connectivity index (χ3n) is 3.42. The molecule has 1 N–H and O–H groups in total. The van der Waals surface area contributed by atoms with E-state index < -0.39 is 0 Å². The van der Waals surface area contributed by atoms with Crippen molar-refractivity contribution < 1.29 is 4.79 Å². The number of carbonyl (C=O) groups excluding carboxylic acids is 1. The van der Waals surface area contributed by atoms with Crippen molar-refractivity contribution in [1.82, 2.24) is 4.98 Å². The van der Waals surface area contributed by atoms with Gasteiger partial charge in [0.25, 0.3) is 0 Å². The Hall–Kier alpha value is -1.37. The maximum atomic E-state index is 12.3. The molecule has 0 bridgehead atoms. The summed E-state index contributed by atoms with van der Waals surface area (Å²) in [5.41, 5.74) is 2.81. The summed E-state index contributed by atoms with van der Waals surface area (Å²) in [5, 5.41) is 4.02. The summed E-state index contributed by atoms with van der Waals surface area (Å²) < 4.78 is 1.73. The Labute approximate surface area is 161 Å². The molecule has 24 heavy (non-hydrogen) atoms. The van der Waals surface area contributed by atoms with E-state index in [0.717, 1.165) is 36.0 Å². The first-order valence-corrected chi connectivity index (χ1v) is 9.84. The van der Waals surface area contributed by atoms with E-state index in [1.165, 1.54) is 11.8 Å². The van der Waals surface area contributed by atoms with E-state index in [1.807, 2.05) is 49.4 Å². The number of hydrogen-bond donors (Lipinski definition) is 1. The minimum atomic E-state index is -0.0499. The van der Waals surface area contributed by atoms with E-state index >= 15 is 0 Å². The molecule has 0 radical (unpaired) electrons. The van der Waals surface area contributed by atoms with Crippen molar-refractivity contribution in [2.45, 2.75) is 11.8 Å². The number of hydrogen-bond acceptors (Lipinski definition) is 3. The lowest BCUT2D eigenvalue weighted by Gasteiger charge is -2.11. The molecular formula is C18H14Br2N2OS. The highest BCUT2D eigenvalue weighted by molar-refractivity contribution is 9.11. The van der Waals surface area contributed by atoms with Crippen molar-refractivity contribution in [3.05, 3.63) is 63.2 Å². The summed E-state index contributed by atoms with van der Waals surface area (Å²) in [5.74, 6) is 0.284. The van der Waals surface area contributed by atoms with Gasteiger partial charge in [0.1, 0.15) is 0 Å². The summed E-state index contributed by atoms with van der Waals surface area (Å²) in [4.78, 5) is 17.7. The third-order valence-corrected chi connectivity index (χ3v) is 5.74. The minimum absolute atomic E-state index is 0.0499. The van der Waals surface area contributed by atoms with Gasteiger partial charge in [0.05, 0.1) is 17.0 Å². The number of carbonyl (C=O) groups is 1. The minimum Gasteiger partial charge on any atom is -0.323 e. The second-order valence-corrected chi connectivity index (χ2v) is 7.99. The van der Waals surface area contributed by atoms with Crippen LogP contribution >= 0.6 is 43.6 Å². The van der Waals surface area contributed by atoms with Crippen molar-refractivity contribution in [1.29, 1.82) is 0 Å². The Morgan fingerprint density at radius 3 is 2.62 bits per heavy atom. The zero-order valence-corrected chi connectivity index (χ0v) is 16.8. The van der Waals surface area contributed by atoms with E-state index in [0.29, 0.717) is 5.75 Å². The molecule has 3 rings (SSSR count). The second-order valence-electron chi connectivity index (χ2n) is 5.27. The Morgan fingerprint density at radius 2 is 1.88 bits per heavy atom. The number of anilines is 1. The van der Waals surface area contributed by atoms with Crippen LogP contribution in [-0.4, -0.2) is 16.6 Å². The van der Waals surface area contributed by atoms with Crippen LogP contribution in [-0.2, 0) is 4.79 Å². The molecule has 1 amide bonds. The van der Waals surface area contributed by atoms with E-state index in [2.05, 4.69) is 42.2 Å². The lowest BCUT2D eigenvalue weighted by molar-refractivity contribution is -0.113. The number of aromatic nitrogens is 1. The molecule has 122 valence electrons. The van der Waals surface area contributed by atoms with Crippen LogP contribution in [0.25, 0.3) is 10.9 Å². The van der Waals surface area contributed by atoms with Crippen LogP contribution < -0.4 is 5.32 Å².